The SMILES string of the molecule is CC(C(=O)O)=C1CCC2(N=C(N)N)C=CC3(CC4(O)C=CC5(O)C6=C7C(=O)CC38CCCCCC73CCC(=O)C(C)(CC#CCCC648)C3C5C3=Cc4ccccc4CC3)C(C)C2C1O. The second kappa shape index (κ2) is 13.5. The van der Waals surface area contributed by atoms with Gasteiger partial charge in [-0.15, -0.1) is 11.8 Å². The Hall–Kier alpha value is -4.56. The van der Waals surface area contributed by atoms with Crippen molar-refractivity contribution in [1.29, 1.82) is 0 Å². The van der Waals surface area contributed by atoms with Crippen molar-refractivity contribution in [3.63, 3.8) is 0 Å². The maximum absolute atomic E-state index is 16.3. The number of benzene rings is 1. The average molecular weight is 866 g/mol. The van der Waals surface area contributed by atoms with E-state index in [0.717, 1.165) is 43.2 Å². The van der Waals surface area contributed by atoms with E-state index in [1.54, 1.807) is 0 Å². The van der Waals surface area contributed by atoms with Gasteiger partial charge in [0.25, 0.3) is 0 Å². The molecule has 10 nitrogen and oxygen atoms in total. The van der Waals surface area contributed by atoms with Crippen molar-refractivity contribution in [2.45, 2.75) is 146 Å². The van der Waals surface area contributed by atoms with Crippen LogP contribution in [0.2, 0.25) is 0 Å². The summed E-state index contributed by atoms with van der Waals surface area (Å²) in [6.07, 6.45) is 17.3. The van der Waals surface area contributed by atoms with Gasteiger partial charge in [-0.3, -0.25) is 9.59 Å². The summed E-state index contributed by atoms with van der Waals surface area (Å²) in [5.41, 5.74) is 8.60. The normalized spacial score (nSPS) is 46.7. The van der Waals surface area contributed by atoms with Gasteiger partial charge in [0.05, 0.1) is 17.2 Å². The molecule has 8 N–H and O–H groups in total. The predicted octanol–water partition coefficient (Wildman–Crippen LogP) is 6.82. The summed E-state index contributed by atoms with van der Waals surface area (Å²) in [6.45, 7) is 5.71. The second-order valence-electron chi connectivity index (χ2n) is 22.2. The van der Waals surface area contributed by atoms with E-state index in [-0.39, 0.29) is 42.4 Å². The van der Waals surface area contributed by atoms with Gasteiger partial charge < -0.3 is 31.9 Å². The van der Waals surface area contributed by atoms with Crippen LogP contribution in [0.3, 0.4) is 0 Å². The Kier molecular flexibility index (Phi) is 8.89. The van der Waals surface area contributed by atoms with Crippen molar-refractivity contribution < 1.29 is 34.8 Å². The molecule has 11 rings (SSSR count). The van der Waals surface area contributed by atoms with Crippen LogP contribution in [-0.2, 0) is 20.8 Å². The molecule has 0 saturated heterocycles. The molecule has 64 heavy (non-hydrogen) atoms. The maximum atomic E-state index is 16.3. The molecule has 0 heterocycles. The Morgan fingerprint density at radius 3 is 2.47 bits per heavy atom. The molecule has 0 radical (unpaired) electrons. The van der Waals surface area contributed by atoms with Crippen LogP contribution in [0.5, 0.6) is 0 Å². The zero-order chi connectivity index (χ0) is 45.0. The maximum Gasteiger partial charge on any atom is 0.331 e. The number of nitrogens with two attached hydrogens (primary N) is 2. The van der Waals surface area contributed by atoms with Crippen LogP contribution in [0, 0.1) is 62.6 Å². The quantitative estimate of drug-likeness (QED) is 0.0621. The van der Waals surface area contributed by atoms with Crippen LogP contribution >= 0.6 is 0 Å². The lowest BCUT2D eigenvalue weighted by Crippen LogP contribution is -2.72. The third kappa shape index (κ3) is 4.84. The summed E-state index contributed by atoms with van der Waals surface area (Å²) >= 11 is 0. The largest absolute Gasteiger partial charge is 0.478 e. The number of aliphatic imine (C=N–C) groups is 1. The highest BCUT2D eigenvalue weighted by Crippen LogP contribution is 2.86. The fourth-order valence-corrected chi connectivity index (χ4v) is 17.9. The zero-order valence-corrected chi connectivity index (χ0v) is 37.5. The van der Waals surface area contributed by atoms with Crippen molar-refractivity contribution >= 4 is 29.6 Å². The summed E-state index contributed by atoms with van der Waals surface area (Å²) in [4.78, 5) is 48.5. The number of ketones is 2. The average Bonchev–Trinajstić information content (AvgIpc) is 3.42. The van der Waals surface area contributed by atoms with E-state index >= 15 is 4.79 Å². The number of carbonyl (C=O) groups excluding carboxylic acids is 2. The molecule has 1 aromatic rings. The van der Waals surface area contributed by atoms with Crippen molar-refractivity contribution in [2.24, 2.45) is 67.2 Å². The Morgan fingerprint density at radius 1 is 0.906 bits per heavy atom. The molecule has 6 bridgehead atoms. The lowest BCUT2D eigenvalue weighted by molar-refractivity contribution is -0.179. The number of Topliss-reactive ketones (excluding diaryl/α,β-unsaturated/α-hetero) is 2. The third-order valence-electron chi connectivity index (χ3n) is 20.1. The number of hydrogen-bond donors (Lipinski definition) is 6. The number of rotatable bonds is 3. The molecule has 336 valence electrons. The Labute approximate surface area is 376 Å². The summed E-state index contributed by atoms with van der Waals surface area (Å²) in [7, 11) is 0. The number of allylic oxidation sites excluding steroid dienone is 2. The van der Waals surface area contributed by atoms with E-state index in [9.17, 15) is 30.0 Å². The molecule has 4 saturated carbocycles. The van der Waals surface area contributed by atoms with Crippen LogP contribution in [0.4, 0.5) is 0 Å². The molecule has 13 atom stereocenters. The molecule has 0 aliphatic heterocycles. The standard InChI is InChI=1S/C54H63N3O7/c1-31(45(61)62)36-16-23-50(57-46(55)56)25-24-49(32(2)39(50)42(36)60)30-52(63)26-27-53(64)40(35-15-14-33-12-6-7-13-34(33)28-35)43-47(3)18-8-4-11-21-54(52)44(53)41-37(58)29-51(49,54)20-10-5-9-19-48(41,43)22-17-38(47)59/h6-7,12-13,24-28,32,39-40,42-43,60,63-64H,5,9-11,14-23,29-30H2,1-3H3,(H,61,62)(H4,55,56,57). The Bertz CT molecular complexity index is 2590. The van der Waals surface area contributed by atoms with Gasteiger partial charge in [0, 0.05) is 70.3 Å². The summed E-state index contributed by atoms with van der Waals surface area (Å²) in [6, 6.07) is 8.40. The molecular weight excluding hydrogens is 803 g/mol. The smallest absolute Gasteiger partial charge is 0.331 e. The number of carboxylic acid groups (broad SMARTS) is 1. The van der Waals surface area contributed by atoms with Crippen molar-refractivity contribution in [1.82, 2.24) is 0 Å². The van der Waals surface area contributed by atoms with Gasteiger partial charge in [0.2, 0.25) is 0 Å². The zero-order valence-electron chi connectivity index (χ0n) is 37.5. The van der Waals surface area contributed by atoms with E-state index < -0.39 is 79.6 Å². The van der Waals surface area contributed by atoms with Gasteiger partial charge in [-0.1, -0.05) is 87.3 Å². The Morgan fingerprint density at radius 2 is 1.69 bits per heavy atom. The second-order valence-corrected chi connectivity index (χ2v) is 22.2. The predicted molar refractivity (Wildman–Crippen MR) is 243 cm³/mol. The first kappa shape index (κ1) is 42.1. The first-order chi connectivity index (χ1) is 30.4. The fourth-order valence-electron chi connectivity index (χ4n) is 17.9. The number of aliphatic hydroxyl groups excluding tert-OH is 1. The number of guanidine groups is 1. The first-order valence-electron chi connectivity index (χ1n) is 24.0. The number of aryl methyl sites for hydroxylation is 1. The van der Waals surface area contributed by atoms with E-state index in [1.165, 1.54) is 12.5 Å². The van der Waals surface area contributed by atoms with E-state index in [1.807, 2.05) is 24.3 Å². The van der Waals surface area contributed by atoms with E-state index in [4.69, 9.17) is 16.5 Å². The molecule has 0 amide bonds. The van der Waals surface area contributed by atoms with Crippen LogP contribution in [0.15, 0.2) is 81.4 Å². The van der Waals surface area contributed by atoms with Crippen molar-refractivity contribution in [3.05, 3.63) is 87.6 Å². The van der Waals surface area contributed by atoms with Gasteiger partial charge in [-0.2, -0.15) is 0 Å². The lowest BCUT2D eigenvalue weighted by atomic mass is 9.31. The molecular formula is C54H63N3O7. The number of nitrogens with zero attached hydrogens (tertiary/aromatic N) is 1. The van der Waals surface area contributed by atoms with Gasteiger partial charge in [-0.25, -0.2) is 9.79 Å². The van der Waals surface area contributed by atoms with Gasteiger partial charge in [0.1, 0.15) is 11.4 Å². The van der Waals surface area contributed by atoms with Crippen LogP contribution in [0.25, 0.3) is 6.08 Å². The Balaban J connectivity index is 1.25. The highest BCUT2D eigenvalue weighted by Gasteiger charge is 2.85. The van der Waals surface area contributed by atoms with Crippen LogP contribution in [0.1, 0.15) is 128 Å². The number of carbonyl (C=O) groups is 3. The third-order valence-corrected chi connectivity index (χ3v) is 20.1. The van der Waals surface area contributed by atoms with Crippen molar-refractivity contribution in [2.75, 3.05) is 0 Å². The molecule has 1 aromatic carbocycles. The molecule has 13 unspecified atom stereocenters. The number of hydrogen-bond acceptors (Lipinski definition) is 7. The topological polar surface area (TPSA) is 197 Å². The van der Waals surface area contributed by atoms with Gasteiger partial charge >= 0.3 is 5.97 Å². The van der Waals surface area contributed by atoms with E-state index in [2.05, 4.69) is 56.0 Å². The number of carboxylic acids is 1. The minimum absolute atomic E-state index is 0.00122. The summed E-state index contributed by atoms with van der Waals surface area (Å²) in [5.74, 6) is 3.82. The van der Waals surface area contributed by atoms with Gasteiger partial charge in [-0.05, 0) is 110 Å². The number of fused-ring (bicyclic) bond motifs is 3. The summed E-state index contributed by atoms with van der Waals surface area (Å²) in [5, 5.41) is 51.7. The molecule has 4 fully saturated rings. The molecule has 10 heteroatoms. The lowest BCUT2D eigenvalue weighted by Gasteiger charge is -2.71. The highest BCUT2D eigenvalue weighted by atomic mass is 16.4. The molecule has 10 aliphatic rings. The highest BCUT2D eigenvalue weighted by molar-refractivity contribution is 6.02. The van der Waals surface area contributed by atoms with Crippen LogP contribution < -0.4 is 11.5 Å². The summed E-state index contributed by atoms with van der Waals surface area (Å²) < 4.78 is 0. The molecule has 10 aliphatic carbocycles. The minimum Gasteiger partial charge on any atom is -0.478 e. The van der Waals surface area contributed by atoms with E-state index in [0.29, 0.717) is 68.1 Å². The molecule has 4 spiro atoms. The monoisotopic (exact) mass is 865 g/mol. The van der Waals surface area contributed by atoms with Crippen LogP contribution in [-0.4, -0.2) is 66.8 Å². The first-order valence-corrected chi connectivity index (χ1v) is 24.0. The minimum atomic E-state index is -1.72. The fraction of sp³-hybridized carbons (Fsp3) is 0.593. The van der Waals surface area contributed by atoms with Gasteiger partial charge in [0.15, 0.2) is 11.7 Å². The number of aliphatic carboxylic acids is 1. The number of aliphatic hydroxyl groups is 3. The molecule has 0 aromatic heterocycles. The van der Waals surface area contributed by atoms with Crippen molar-refractivity contribution in [3.8, 4) is 11.8 Å².